The highest BCUT2D eigenvalue weighted by atomic mass is 15.3. The van der Waals surface area contributed by atoms with Crippen LogP contribution in [0, 0.1) is 6.92 Å². The van der Waals surface area contributed by atoms with Gasteiger partial charge in [0.2, 0.25) is 0 Å². The summed E-state index contributed by atoms with van der Waals surface area (Å²) in [6, 6.07) is 0. The van der Waals surface area contributed by atoms with Gasteiger partial charge in [-0.3, -0.25) is 4.68 Å². The zero-order valence-electron chi connectivity index (χ0n) is 11.6. The number of rotatable bonds is 4. The maximum absolute atomic E-state index is 4.29. The third kappa shape index (κ3) is 2.40. The van der Waals surface area contributed by atoms with Crippen LogP contribution in [-0.2, 0) is 33.1 Å². The Kier molecular flexibility index (Phi) is 3.33. The molecule has 0 unspecified atom stereocenters. The van der Waals surface area contributed by atoms with Crippen molar-refractivity contribution in [2.45, 2.75) is 45.8 Å². The Balaban J connectivity index is 1.61. The van der Waals surface area contributed by atoms with Crippen LogP contribution in [0.5, 0.6) is 0 Å². The van der Waals surface area contributed by atoms with E-state index < -0.39 is 0 Å². The summed E-state index contributed by atoms with van der Waals surface area (Å²) in [5, 5.41) is 16.2. The summed E-state index contributed by atoms with van der Waals surface area (Å²) in [4.78, 5) is 0. The Morgan fingerprint density at radius 2 is 2.16 bits per heavy atom. The van der Waals surface area contributed by atoms with E-state index in [1.165, 1.54) is 24.1 Å². The van der Waals surface area contributed by atoms with Crippen LogP contribution >= 0.6 is 0 Å². The van der Waals surface area contributed by atoms with Gasteiger partial charge >= 0.3 is 0 Å². The zero-order chi connectivity index (χ0) is 13.2. The van der Waals surface area contributed by atoms with Gasteiger partial charge < -0.3 is 9.88 Å². The normalized spacial score (nSPS) is 14.6. The molecule has 1 N–H and O–H groups in total. The molecule has 0 radical (unpaired) electrons. The molecule has 0 aliphatic carbocycles. The fourth-order valence-corrected chi connectivity index (χ4v) is 2.53. The summed E-state index contributed by atoms with van der Waals surface area (Å²) in [6.07, 6.45) is 5.45. The molecular weight excluding hydrogens is 240 g/mol. The van der Waals surface area contributed by atoms with E-state index in [1.807, 2.05) is 17.9 Å². The van der Waals surface area contributed by atoms with Crippen LogP contribution in [0.1, 0.15) is 35.7 Å². The van der Waals surface area contributed by atoms with E-state index in [-0.39, 0.29) is 0 Å². The third-order valence-electron chi connectivity index (χ3n) is 3.87. The Bertz CT molecular complexity index is 568. The van der Waals surface area contributed by atoms with E-state index in [2.05, 4.69) is 32.1 Å². The van der Waals surface area contributed by atoms with Gasteiger partial charge in [-0.2, -0.15) is 5.10 Å². The fraction of sp³-hybridized carbons (Fsp3) is 0.615. The number of hydrogen-bond acceptors (Lipinski definition) is 4. The van der Waals surface area contributed by atoms with Crippen molar-refractivity contribution >= 4 is 0 Å². The lowest BCUT2D eigenvalue weighted by Gasteiger charge is -2.14. The SMILES string of the molecule is Cc1c(CNCc2nnc3n2CCCC3)cnn1C. The predicted octanol–water partition coefficient (Wildman–Crippen LogP) is 0.946. The Morgan fingerprint density at radius 3 is 2.95 bits per heavy atom. The Hall–Kier alpha value is -1.69. The highest BCUT2D eigenvalue weighted by molar-refractivity contribution is 5.15. The quantitative estimate of drug-likeness (QED) is 0.889. The summed E-state index contributed by atoms with van der Waals surface area (Å²) >= 11 is 0. The molecule has 0 spiro atoms. The lowest BCUT2D eigenvalue weighted by atomic mass is 10.2. The second-order valence-electron chi connectivity index (χ2n) is 5.12. The van der Waals surface area contributed by atoms with E-state index in [4.69, 9.17) is 0 Å². The molecule has 0 atom stereocenters. The molecule has 102 valence electrons. The average Bonchev–Trinajstić information content (AvgIpc) is 2.97. The van der Waals surface area contributed by atoms with Gasteiger partial charge in [0.15, 0.2) is 0 Å². The highest BCUT2D eigenvalue weighted by Crippen LogP contribution is 2.14. The maximum Gasteiger partial charge on any atom is 0.147 e. The number of nitrogens with zero attached hydrogens (tertiary/aromatic N) is 5. The molecule has 19 heavy (non-hydrogen) atoms. The summed E-state index contributed by atoms with van der Waals surface area (Å²) < 4.78 is 4.16. The van der Waals surface area contributed by atoms with Crippen LogP contribution in [-0.4, -0.2) is 24.5 Å². The van der Waals surface area contributed by atoms with Crippen molar-refractivity contribution < 1.29 is 0 Å². The molecule has 6 nitrogen and oxygen atoms in total. The number of fused-ring (bicyclic) bond motifs is 1. The van der Waals surface area contributed by atoms with Crippen LogP contribution in [0.2, 0.25) is 0 Å². The molecule has 0 fully saturated rings. The van der Waals surface area contributed by atoms with E-state index in [9.17, 15) is 0 Å². The molecule has 6 heteroatoms. The molecule has 2 aromatic rings. The molecule has 0 saturated carbocycles. The van der Waals surface area contributed by atoms with Crippen molar-refractivity contribution in [2.75, 3.05) is 0 Å². The Morgan fingerprint density at radius 1 is 1.26 bits per heavy atom. The van der Waals surface area contributed by atoms with Gasteiger partial charge in [0.1, 0.15) is 11.6 Å². The third-order valence-corrected chi connectivity index (χ3v) is 3.87. The Labute approximate surface area is 112 Å². The molecule has 0 amide bonds. The average molecular weight is 260 g/mol. The van der Waals surface area contributed by atoms with Gasteiger partial charge in [-0.25, -0.2) is 0 Å². The van der Waals surface area contributed by atoms with Crippen molar-refractivity contribution in [3.05, 3.63) is 29.1 Å². The summed E-state index contributed by atoms with van der Waals surface area (Å²) in [7, 11) is 1.97. The van der Waals surface area contributed by atoms with Gasteiger partial charge in [-0.15, -0.1) is 10.2 Å². The van der Waals surface area contributed by atoms with Crippen LogP contribution in [0.25, 0.3) is 0 Å². The van der Waals surface area contributed by atoms with Gasteiger partial charge in [0.25, 0.3) is 0 Å². The minimum atomic E-state index is 0.765. The van der Waals surface area contributed by atoms with Crippen molar-refractivity contribution in [3.8, 4) is 0 Å². The first-order chi connectivity index (χ1) is 9.25. The van der Waals surface area contributed by atoms with Crippen molar-refractivity contribution in [1.82, 2.24) is 29.9 Å². The largest absolute Gasteiger partial charge is 0.314 e. The second-order valence-corrected chi connectivity index (χ2v) is 5.12. The summed E-state index contributed by atoms with van der Waals surface area (Å²) in [6.45, 7) is 4.73. The zero-order valence-corrected chi connectivity index (χ0v) is 11.6. The summed E-state index contributed by atoms with van der Waals surface area (Å²) in [5.74, 6) is 2.19. The minimum absolute atomic E-state index is 0.765. The molecule has 3 rings (SSSR count). The standard InChI is InChI=1S/C13H20N6/c1-10-11(8-15-18(10)2)7-14-9-13-17-16-12-5-3-4-6-19(12)13/h8,14H,3-7,9H2,1-2H3. The first-order valence-electron chi connectivity index (χ1n) is 6.85. The molecule has 0 saturated heterocycles. The van der Waals surface area contributed by atoms with E-state index in [0.717, 1.165) is 37.7 Å². The van der Waals surface area contributed by atoms with Crippen molar-refractivity contribution in [2.24, 2.45) is 7.05 Å². The molecule has 3 heterocycles. The van der Waals surface area contributed by atoms with Crippen LogP contribution in [0.4, 0.5) is 0 Å². The van der Waals surface area contributed by atoms with E-state index >= 15 is 0 Å². The number of nitrogens with one attached hydrogen (secondary N) is 1. The number of aryl methyl sites for hydroxylation is 2. The van der Waals surface area contributed by atoms with Crippen LogP contribution < -0.4 is 5.32 Å². The number of aromatic nitrogens is 5. The van der Waals surface area contributed by atoms with Crippen LogP contribution in [0.3, 0.4) is 0 Å². The number of hydrogen-bond donors (Lipinski definition) is 1. The first kappa shape index (κ1) is 12.3. The fourth-order valence-electron chi connectivity index (χ4n) is 2.53. The molecule has 0 bridgehead atoms. The molecule has 1 aliphatic heterocycles. The molecule has 2 aromatic heterocycles. The van der Waals surface area contributed by atoms with Crippen molar-refractivity contribution in [1.29, 1.82) is 0 Å². The van der Waals surface area contributed by atoms with Crippen molar-refractivity contribution in [3.63, 3.8) is 0 Å². The second kappa shape index (κ2) is 5.13. The summed E-state index contributed by atoms with van der Waals surface area (Å²) in [5.41, 5.74) is 2.44. The van der Waals surface area contributed by atoms with E-state index in [1.54, 1.807) is 0 Å². The van der Waals surface area contributed by atoms with Gasteiger partial charge in [-0.1, -0.05) is 0 Å². The topological polar surface area (TPSA) is 60.6 Å². The smallest absolute Gasteiger partial charge is 0.147 e. The lowest BCUT2D eigenvalue weighted by Crippen LogP contribution is -2.19. The van der Waals surface area contributed by atoms with Gasteiger partial charge in [0.05, 0.1) is 12.7 Å². The monoisotopic (exact) mass is 260 g/mol. The first-order valence-corrected chi connectivity index (χ1v) is 6.85. The molecule has 1 aliphatic rings. The minimum Gasteiger partial charge on any atom is -0.314 e. The molecule has 0 aromatic carbocycles. The van der Waals surface area contributed by atoms with Gasteiger partial charge in [-0.05, 0) is 19.8 Å². The van der Waals surface area contributed by atoms with Crippen LogP contribution in [0.15, 0.2) is 6.20 Å². The van der Waals surface area contributed by atoms with Gasteiger partial charge in [0, 0.05) is 37.8 Å². The predicted molar refractivity (Wildman–Crippen MR) is 71.4 cm³/mol. The lowest BCUT2D eigenvalue weighted by molar-refractivity contribution is 0.497. The highest BCUT2D eigenvalue weighted by Gasteiger charge is 2.15. The maximum atomic E-state index is 4.29. The van der Waals surface area contributed by atoms with E-state index in [0.29, 0.717) is 0 Å². The molecular formula is C13H20N6.